The Labute approximate surface area is 483 Å². The van der Waals surface area contributed by atoms with Gasteiger partial charge in [0.15, 0.2) is 17.3 Å². The lowest BCUT2D eigenvalue weighted by atomic mass is 9.81. The van der Waals surface area contributed by atoms with Crippen LogP contribution in [0.15, 0.2) is 53.4 Å². The van der Waals surface area contributed by atoms with Gasteiger partial charge in [-0.3, -0.25) is 29.3 Å². The number of alkyl carbamates (subject to hydrolysis) is 1. The van der Waals surface area contributed by atoms with E-state index in [1.54, 1.807) is 38.1 Å². The number of nitrogens with zero attached hydrogens (tertiary/aromatic N) is 6. The molecule has 6 amide bonds. The molecule has 1 unspecified atom stereocenters. The minimum absolute atomic E-state index is 0.00277. The number of likely N-dealkylation sites (N-methyl/N-ethyl adjacent to an activating group) is 1. The smallest absolute Gasteiger partial charge is 0.409 e. The van der Waals surface area contributed by atoms with Crippen LogP contribution in [0.2, 0.25) is 5.02 Å². The van der Waals surface area contributed by atoms with Crippen LogP contribution in [0, 0.1) is 5.92 Å². The van der Waals surface area contributed by atoms with Crippen molar-refractivity contribution < 1.29 is 77.1 Å². The van der Waals surface area contributed by atoms with Gasteiger partial charge in [-0.15, -0.1) is 5.06 Å². The van der Waals surface area contributed by atoms with E-state index in [1.165, 1.54) is 85.9 Å². The third kappa shape index (κ3) is 18.6. The molecular weight excluding hydrogens is 1120 g/mol. The third-order valence-electron chi connectivity index (χ3n) is 13.6. The van der Waals surface area contributed by atoms with Crippen LogP contribution in [-0.4, -0.2) is 165 Å². The number of rotatable bonds is 20. The summed E-state index contributed by atoms with van der Waals surface area (Å²) in [5, 5.41) is 31.3. The number of methoxy groups -OCH3 is 2. The fraction of sp³-hybridized carbons (Fsp3) is 0.574. The number of amides is 6. The molecule has 81 heavy (non-hydrogen) atoms. The number of hydrogen-bond donors (Lipinski definition) is 4. The maximum atomic E-state index is 14.3. The number of benzene rings is 1. The van der Waals surface area contributed by atoms with Crippen LogP contribution in [0.1, 0.15) is 118 Å². The van der Waals surface area contributed by atoms with Crippen molar-refractivity contribution in [1.82, 2.24) is 30.7 Å². The second-order valence-corrected chi connectivity index (χ2v) is 24.4. The molecule has 0 radical (unpaired) electrons. The number of aliphatic hydroxyl groups is 2. The highest BCUT2D eigenvalue weighted by molar-refractivity contribution is 8.77. The Bertz CT molecular complexity index is 2730. The summed E-state index contributed by atoms with van der Waals surface area (Å²) in [4.78, 5) is 119. The fourth-order valence-electron chi connectivity index (χ4n) is 8.81. The van der Waals surface area contributed by atoms with Gasteiger partial charge in [-0.25, -0.2) is 29.8 Å². The van der Waals surface area contributed by atoms with Crippen LogP contribution < -0.4 is 25.1 Å². The zero-order chi connectivity index (χ0) is 60.0. The summed E-state index contributed by atoms with van der Waals surface area (Å²) in [5.74, 6) is -3.70. The predicted molar refractivity (Wildman–Crippen MR) is 301 cm³/mol. The molecule has 0 spiro atoms. The lowest BCUT2D eigenvalue weighted by molar-refractivity contribution is -0.197. The molecular formula is C54H73ClN8O16S2. The number of carbonyl (C=O) groups is 8. The fourth-order valence-corrected chi connectivity index (χ4v) is 11.6. The van der Waals surface area contributed by atoms with Gasteiger partial charge in [-0.05, 0) is 84.4 Å². The lowest BCUT2D eigenvalue weighted by Crippen LogP contribution is -2.63. The first-order chi connectivity index (χ1) is 38.1. The van der Waals surface area contributed by atoms with Crippen LogP contribution in [0.3, 0.4) is 0 Å². The van der Waals surface area contributed by atoms with E-state index in [2.05, 4.69) is 25.8 Å². The van der Waals surface area contributed by atoms with Crippen LogP contribution in [0.25, 0.3) is 0 Å². The van der Waals surface area contributed by atoms with Crippen molar-refractivity contribution in [2.75, 3.05) is 45.6 Å². The van der Waals surface area contributed by atoms with E-state index in [0.717, 1.165) is 11.1 Å². The van der Waals surface area contributed by atoms with Crippen molar-refractivity contribution >= 4 is 92.2 Å². The molecule has 5 rings (SSSR count). The van der Waals surface area contributed by atoms with Crippen molar-refractivity contribution in [3.8, 4) is 11.5 Å². The molecule has 2 saturated heterocycles. The number of fused-ring (bicyclic) bond motifs is 4. The monoisotopic (exact) mass is 1190 g/mol. The van der Waals surface area contributed by atoms with Gasteiger partial charge < -0.3 is 48.5 Å². The summed E-state index contributed by atoms with van der Waals surface area (Å²) >= 11 is 6.79. The first-order valence-electron chi connectivity index (χ1n) is 26.1. The van der Waals surface area contributed by atoms with Crippen molar-refractivity contribution in [1.29, 1.82) is 0 Å². The van der Waals surface area contributed by atoms with E-state index in [9.17, 15) is 48.6 Å². The average molecular weight is 1190 g/mol. The molecule has 0 saturated carbocycles. The van der Waals surface area contributed by atoms with Gasteiger partial charge in [0.05, 0.1) is 50.2 Å². The number of esters is 1. The number of hydroxylamine groups is 2. The summed E-state index contributed by atoms with van der Waals surface area (Å²) < 4.78 is 27.8. The Balaban J connectivity index is 1.16. The number of anilines is 1. The standard InChI is InChI=1S/C54H73ClN8O16S2/c1-31-14-12-15-40(75-11)54(73)27-39(77-51(71)58-54)32(2)26-53(7,72)41(25-46(68)62(9)37-23-35(22-31)24-38(74-10)48(37)55)78-50(70)34(4)61(8)43(65)19-21-80-81-52(5,6)28-42(64)60-59-33(3)49-56-29-36(30-57-49)76-20-13-16-47(69)79-63-44(66)17-18-45(63)67/h12,14-15,23-24,29-30,32,34,39-41,72-73H,13,16-22,25-28H2,1-11H3,(H,58,71)(H,60,64)/b15-12+,31-14+,59-33+/t32-,34-,39-,40+,41-,53?,54-/m0/s1. The second-order valence-electron chi connectivity index (χ2n) is 20.9. The third-order valence-corrected chi connectivity index (χ3v) is 17.2. The SMILES string of the molecule is COc1cc2cc(c1Cl)N(C)C(=O)C[C@H](OC(=O)[C@H](C)N(C)C(=O)CCSSC(C)(C)CC(=O)N/N=C(\C)c1ncc(OCCCC(=O)ON3C(=O)CCC3=O)cn1)C(C)(O)C[C@H](C)[C@@H]1C[C@@](O)(NC(=O)O1)[C@H](OC)/C=C/C=C(\C)C2. The number of allylic oxidation sites excluding steroid dienone is 3. The molecule has 444 valence electrons. The van der Waals surface area contributed by atoms with Crippen LogP contribution in [0.5, 0.6) is 11.5 Å². The maximum Gasteiger partial charge on any atom is 0.409 e. The number of halogens is 1. The maximum absolute atomic E-state index is 14.3. The molecule has 24 nitrogen and oxygen atoms in total. The Morgan fingerprint density at radius 3 is 2.40 bits per heavy atom. The molecule has 4 N–H and O–H groups in total. The molecule has 0 aliphatic carbocycles. The molecule has 1 aromatic heterocycles. The first-order valence-corrected chi connectivity index (χ1v) is 28.8. The number of aromatic nitrogens is 2. The summed E-state index contributed by atoms with van der Waals surface area (Å²) in [6.07, 6.45) is 3.20. The van der Waals surface area contributed by atoms with Crippen molar-refractivity contribution in [2.24, 2.45) is 11.0 Å². The first kappa shape index (κ1) is 65.5. The zero-order valence-electron chi connectivity index (χ0n) is 47.4. The summed E-state index contributed by atoms with van der Waals surface area (Å²) in [5.41, 5.74) is 0.845. The number of imide groups is 1. The van der Waals surface area contributed by atoms with Crippen molar-refractivity contribution in [2.45, 2.75) is 153 Å². The highest BCUT2D eigenvalue weighted by atomic mass is 35.5. The Hall–Kier alpha value is -6.32. The molecule has 27 heteroatoms. The van der Waals surface area contributed by atoms with Gasteiger partial charge in [-0.2, -0.15) is 5.10 Å². The highest BCUT2D eigenvalue weighted by Gasteiger charge is 2.49. The van der Waals surface area contributed by atoms with Crippen LogP contribution >= 0.6 is 33.2 Å². The van der Waals surface area contributed by atoms with Gasteiger partial charge in [0.2, 0.25) is 17.7 Å². The molecule has 2 fully saturated rings. The quantitative estimate of drug-likeness (QED) is 0.0316. The van der Waals surface area contributed by atoms with Crippen molar-refractivity contribution in [3.63, 3.8) is 0 Å². The summed E-state index contributed by atoms with van der Waals surface area (Å²) in [7, 11) is 8.51. The molecule has 1 aromatic carbocycles. The summed E-state index contributed by atoms with van der Waals surface area (Å²) in [6.45, 7) is 11.9. The molecule has 4 bridgehead atoms. The van der Waals surface area contributed by atoms with E-state index in [1.807, 2.05) is 26.8 Å². The molecule has 3 aliphatic heterocycles. The average Bonchev–Trinajstić information content (AvgIpc) is 3.73. The zero-order valence-corrected chi connectivity index (χ0v) is 49.8. The van der Waals surface area contributed by atoms with Gasteiger partial charge in [0, 0.05) is 63.8 Å². The molecule has 2 aromatic rings. The number of ether oxygens (including phenoxy) is 5. The molecule has 3 aliphatic rings. The largest absolute Gasteiger partial charge is 0.495 e. The molecule has 4 heterocycles. The van der Waals surface area contributed by atoms with E-state index in [4.69, 9.17) is 40.1 Å². The Kier molecular flexibility index (Phi) is 23.5. The van der Waals surface area contributed by atoms with Crippen LogP contribution in [-0.2, 0) is 59.0 Å². The Morgan fingerprint density at radius 1 is 1.06 bits per heavy atom. The minimum Gasteiger partial charge on any atom is -0.495 e. The Morgan fingerprint density at radius 2 is 1.74 bits per heavy atom. The topological polar surface area (TPSA) is 304 Å². The number of hydrogen-bond acceptors (Lipinski definition) is 21. The second kappa shape index (κ2) is 29.1. The van der Waals surface area contributed by atoms with Gasteiger partial charge >= 0.3 is 18.0 Å². The van der Waals surface area contributed by atoms with Gasteiger partial charge in [-0.1, -0.05) is 63.9 Å². The number of carbonyl (C=O) groups excluding carboxylic acids is 8. The van der Waals surface area contributed by atoms with Crippen LogP contribution in [0.4, 0.5) is 10.5 Å². The van der Waals surface area contributed by atoms with Gasteiger partial charge in [0.25, 0.3) is 11.8 Å². The number of hydrazone groups is 1. The van der Waals surface area contributed by atoms with E-state index in [-0.39, 0.29) is 74.7 Å². The normalized spacial score (nSPS) is 24.5. The lowest BCUT2D eigenvalue weighted by Gasteiger charge is -2.43. The van der Waals surface area contributed by atoms with Crippen molar-refractivity contribution in [3.05, 3.63) is 64.7 Å². The van der Waals surface area contributed by atoms with E-state index in [0.29, 0.717) is 40.1 Å². The minimum atomic E-state index is -1.97. The van der Waals surface area contributed by atoms with Gasteiger partial charge in [0.1, 0.15) is 40.8 Å². The summed E-state index contributed by atoms with van der Waals surface area (Å²) in [6, 6.07) is 2.29. The van der Waals surface area contributed by atoms with E-state index >= 15 is 0 Å². The highest BCUT2D eigenvalue weighted by Crippen LogP contribution is 2.40. The predicted octanol–water partition coefficient (Wildman–Crippen LogP) is 5.53. The number of nitrogens with one attached hydrogen (secondary N) is 2. The molecule has 7 atom stereocenters. The van der Waals surface area contributed by atoms with E-state index < -0.39 is 94.4 Å².